The van der Waals surface area contributed by atoms with Crippen molar-refractivity contribution < 1.29 is 4.52 Å². The summed E-state index contributed by atoms with van der Waals surface area (Å²) in [4.78, 5) is 6.31. The van der Waals surface area contributed by atoms with Gasteiger partial charge in [0.2, 0.25) is 5.89 Å². The molecule has 0 saturated carbocycles. The minimum atomic E-state index is -0.0580. The van der Waals surface area contributed by atoms with Gasteiger partial charge in [0.05, 0.1) is 6.54 Å². The van der Waals surface area contributed by atoms with E-state index in [4.69, 9.17) is 4.52 Å². The molecule has 4 nitrogen and oxygen atoms in total. The third-order valence-corrected chi connectivity index (χ3v) is 1.57. The molecule has 0 radical (unpaired) electrons. The summed E-state index contributed by atoms with van der Waals surface area (Å²) in [7, 11) is 3.96. The summed E-state index contributed by atoms with van der Waals surface area (Å²) in [5.41, 5.74) is -0.0580. The molecule has 1 aromatic heterocycles. The second-order valence-corrected chi connectivity index (χ2v) is 4.50. The van der Waals surface area contributed by atoms with Crippen molar-refractivity contribution >= 4 is 0 Å². The molecule has 0 aliphatic carbocycles. The van der Waals surface area contributed by atoms with Gasteiger partial charge < -0.3 is 9.42 Å². The molecule has 0 fully saturated rings. The first-order valence-electron chi connectivity index (χ1n) is 4.37. The molecule has 1 rings (SSSR count). The number of aromatic nitrogens is 2. The van der Waals surface area contributed by atoms with Crippen LogP contribution in [0.5, 0.6) is 0 Å². The van der Waals surface area contributed by atoms with Gasteiger partial charge in [-0.3, -0.25) is 0 Å². The molecule has 0 atom stereocenters. The van der Waals surface area contributed by atoms with Crippen LogP contribution in [0.15, 0.2) is 4.52 Å². The van der Waals surface area contributed by atoms with Crippen LogP contribution < -0.4 is 0 Å². The predicted octanol–water partition coefficient (Wildman–Crippen LogP) is 1.43. The highest BCUT2D eigenvalue weighted by atomic mass is 16.5. The molecule has 0 bridgehead atoms. The standard InChI is InChI=1S/C9H17N3O/c1-9(2,3)8-10-7(11-13-8)6-12(4)5/h6H2,1-5H3. The Morgan fingerprint density at radius 1 is 1.31 bits per heavy atom. The van der Waals surface area contributed by atoms with E-state index >= 15 is 0 Å². The monoisotopic (exact) mass is 183 g/mol. The van der Waals surface area contributed by atoms with Gasteiger partial charge in [-0.15, -0.1) is 0 Å². The Morgan fingerprint density at radius 2 is 1.92 bits per heavy atom. The number of hydrogen-bond acceptors (Lipinski definition) is 4. The molecular weight excluding hydrogens is 166 g/mol. The molecule has 4 heteroatoms. The zero-order chi connectivity index (χ0) is 10.1. The van der Waals surface area contributed by atoms with Crippen molar-refractivity contribution in [2.24, 2.45) is 0 Å². The lowest BCUT2D eigenvalue weighted by Gasteiger charge is -2.10. The average Bonchev–Trinajstić information content (AvgIpc) is 2.32. The van der Waals surface area contributed by atoms with E-state index in [2.05, 4.69) is 30.9 Å². The normalized spacial score (nSPS) is 12.5. The number of nitrogens with zero attached hydrogens (tertiary/aromatic N) is 3. The second-order valence-electron chi connectivity index (χ2n) is 4.50. The van der Waals surface area contributed by atoms with E-state index in [0.717, 1.165) is 12.4 Å². The summed E-state index contributed by atoms with van der Waals surface area (Å²) in [5.74, 6) is 1.44. The maximum atomic E-state index is 5.14. The maximum absolute atomic E-state index is 5.14. The molecule has 1 aromatic rings. The lowest BCUT2D eigenvalue weighted by atomic mass is 9.97. The Balaban J connectivity index is 2.75. The molecule has 0 saturated heterocycles. The fraction of sp³-hybridized carbons (Fsp3) is 0.778. The molecular formula is C9H17N3O. The van der Waals surface area contributed by atoms with Crippen molar-refractivity contribution in [1.29, 1.82) is 0 Å². The first-order valence-corrected chi connectivity index (χ1v) is 4.37. The third kappa shape index (κ3) is 2.81. The van der Waals surface area contributed by atoms with E-state index in [1.54, 1.807) is 0 Å². The predicted molar refractivity (Wildman–Crippen MR) is 50.4 cm³/mol. The van der Waals surface area contributed by atoms with E-state index in [9.17, 15) is 0 Å². The topological polar surface area (TPSA) is 42.2 Å². The smallest absolute Gasteiger partial charge is 0.232 e. The SMILES string of the molecule is CN(C)Cc1noc(C(C)(C)C)n1. The second kappa shape index (κ2) is 3.46. The van der Waals surface area contributed by atoms with Gasteiger partial charge in [0.1, 0.15) is 0 Å². The van der Waals surface area contributed by atoms with Crippen molar-refractivity contribution in [3.8, 4) is 0 Å². The summed E-state index contributed by atoms with van der Waals surface area (Å²) >= 11 is 0. The fourth-order valence-electron chi connectivity index (χ4n) is 0.906. The van der Waals surface area contributed by atoms with E-state index in [-0.39, 0.29) is 5.41 Å². The average molecular weight is 183 g/mol. The zero-order valence-electron chi connectivity index (χ0n) is 8.96. The van der Waals surface area contributed by atoms with Crippen molar-refractivity contribution in [3.63, 3.8) is 0 Å². The van der Waals surface area contributed by atoms with E-state index < -0.39 is 0 Å². The Kier molecular flexibility index (Phi) is 2.71. The molecule has 0 N–H and O–H groups in total. The molecule has 0 unspecified atom stereocenters. The van der Waals surface area contributed by atoms with E-state index in [1.807, 2.05) is 19.0 Å². The Labute approximate surface area is 78.9 Å². The van der Waals surface area contributed by atoms with Crippen molar-refractivity contribution in [2.45, 2.75) is 32.7 Å². The first-order chi connectivity index (χ1) is 5.89. The van der Waals surface area contributed by atoms with Crippen LogP contribution >= 0.6 is 0 Å². The van der Waals surface area contributed by atoms with Crippen LogP contribution in [0.1, 0.15) is 32.5 Å². The van der Waals surface area contributed by atoms with Crippen LogP contribution in [0.3, 0.4) is 0 Å². The minimum absolute atomic E-state index is 0.0580. The van der Waals surface area contributed by atoms with Crippen molar-refractivity contribution in [1.82, 2.24) is 15.0 Å². The summed E-state index contributed by atoms with van der Waals surface area (Å²) in [6.07, 6.45) is 0. The maximum Gasteiger partial charge on any atom is 0.232 e. The van der Waals surface area contributed by atoms with Gasteiger partial charge in [-0.25, -0.2) is 0 Å². The molecule has 0 aromatic carbocycles. The molecule has 0 aliphatic rings. The summed E-state index contributed by atoms with van der Waals surface area (Å²) < 4.78 is 5.14. The van der Waals surface area contributed by atoms with Gasteiger partial charge in [0, 0.05) is 5.41 Å². The highest BCUT2D eigenvalue weighted by molar-refractivity contribution is 4.97. The molecule has 1 heterocycles. The Hall–Kier alpha value is -0.900. The van der Waals surface area contributed by atoms with Crippen LogP contribution in [-0.4, -0.2) is 29.1 Å². The van der Waals surface area contributed by atoms with Crippen molar-refractivity contribution in [3.05, 3.63) is 11.7 Å². The number of hydrogen-bond donors (Lipinski definition) is 0. The highest BCUT2D eigenvalue weighted by Gasteiger charge is 2.21. The van der Waals surface area contributed by atoms with Crippen molar-refractivity contribution in [2.75, 3.05) is 14.1 Å². The molecule has 13 heavy (non-hydrogen) atoms. The molecule has 74 valence electrons. The Morgan fingerprint density at radius 3 is 2.31 bits per heavy atom. The third-order valence-electron chi connectivity index (χ3n) is 1.57. The summed E-state index contributed by atoms with van der Waals surface area (Å²) in [6.45, 7) is 6.89. The lowest BCUT2D eigenvalue weighted by Crippen LogP contribution is -2.14. The van der Waals surface area contributed by atoms with Gasteiger partial charge in [0.15, 0.2) is 5.82 Å². The van der Waals surface area contributed by atoms with E-state index in [1.165, 1.54) is 0 Å². The fourth-order valence-corrected chi connectivity index (χ4v) is 0.906. The van der Waals surface area contributed by atoms with Gasteiger partial charge in [-0.05, 0) is 14.1 Å². The van der Waals surface area contributed by atoms with Crippen LogP contribution in [0.2, 0.25) is 0 Å². The summed E-state index contributed by atoms with van der Waals surface area (Å²) in [6, 6.07) is 0. The zero-order valence-corrected chi connectivity index (χ0v) is 8.96. The van der Waals surface area contributed by atoms with Gasteiger partial charge in [0.25, 0.3) is 0 Å². The van der Waals surface area contributed by atoms with Gasteiger partial charge in [-0.1, -0.05) is 25.9 Å². The van der Waals surface area contributed by atoms with Crippen LogP contribution in [0.4, 0.5) is 0 Å². The quantitative estimate of drug-likeness (QED) is 0.695. The summed E-state index contributed by atoms with van der Waals surface area (Å²) in [5, 5.41) is 3.90. The van der Waals surface area contributed by atoms with Gasteiger partial charge >= 0.3 is 0 Å². The minimum Gasteiger partial charge on any atom is -0.339 e. The largest absolute Gasteiger partial charge is 0.339 e. The van der Waals surface area contributed by atoms with E-state index in [0.29, 0.717) is 5.89 Å². The lowest BCUT2D eigenvalue weighted by molar-refractivity contribution is 0.312. The van der Waals surface area contributed by atoms with Crippen LogP contribution in [-0.2, 0) is 12.0 Å². The molecule has 0 amide bonds. The van der Waals surface area contributed by atoms with Crippen LogP contribution in [0, 0.1) is 0 Å². The Bertz CT molecular complexity index is 273. The van der Waals surface area contributed by atoms with Crippen LogP contribution in [0.25, 0.3) is 0 Å². The highest BCUT2D eigenvalue weighted by Crippen LogP contribution is 2.19. The first kappa shape index (κ1) is 10.2. The molecule has 0 spiro atoms. The number of rotatable bonds is 2. The molecule has 0 aliphatic heterocycles. The van der Waals surface area contributed by atoms with Gasteiger partial charge in [-0.2, -0.15) is 4.98 Å².